The number of aliphatic hydroxyl groups excluding tert-OH is 1. The molecule has 3 nitrogen and oxygen atoms in total. The lowest BCUT2D eigenvalue weighted by Gasteiger charge is -2.54. The number of benzene rings is 1. The van der Waals surface area contributed by atoms with Crippen LogP contribution in [0.2, 0.25) is 0 Å². The minimum absolute atomic E-state index is 0.0144. The summed E-state index contributed by atoms with van der Waals surface area (Å²) in [4.78, 5) is 12.5. The van der Waals surface area contributed by atoms with Crippen LogP contribution in [0.25, 0.3) is 0 Å². The van der Waals surface area contributed by atoms with Crippen molar-refractivity contribution in [2.75, 3.05) is 13.7 Å². The summed E-state index contributed by atoms with van der Waals surface area (Å²) in [5.41, 5.74) is 2.40. The number of rotatable bonds is 3. The first-order valence-corrected chi connectivity index (χ1v) is 9.75. The molecule has 0 heterocycles. The molecule has 0 amide bonds. The van der Waals surface area contributed by atoms with Crippen molar-refractivity contribution in [1.82, 2.24) is 0 Å². The zero-order chi connectivity index (χ0) is 17.8. The molecule has 2 fully saturated rings. The molecule has 3 aliphatic carbocycles. The predicted molar refractivity (Wildman–Crippen MR) is 97.8 cm³/mol. The quantitative estimate of drug-likeness (QED) is 0.899. The average molecular weight is 342 g/mol. The SMILES string of the molecule is COc1ccc2c(c1)CC[C@@H]1[C@@H]2CC[C@@]2(C)[C@H]1CC[C@]2(CO)C(C)=O. The van der Waals surface area contributed by atoms with E-state index < -0.39 is 5.41 Å². The van der Waals surface area contributed by atoms with E-state index >= 15 is 0 Å². The number of hydrogen-bond donors (Lipinski definition) is 1. The van der Waals surface area contributed by atoms with Gasteiger partial charge >= 0.3 is 0 Å². The van der Waals surface area contributed by atoms with E-state index in [2.05, 4.69) is 25.1 Å². The van der Waals surface area contributed by atoms with E-state index in [1.165, 1.54) is 17.5 Å². The lowest BCUT2D eigenvalue weighted by atomic mass is 9.50. The molecule has 3 heteroatoms. The Balaban J connectivity index is 1.70. The van der Waals surface area contributed by atoms with Crippen LogP contribution >= 0.6 is 0 Å². The molecule has 4 rings (SSSR count). The standard InChI is InChI=1S/C22H30O3/c1-14(24)22(13-23)11-9-20-19-6-4-15-12-16(25-3)5-7-17(15)18(19)8-10-21(20,22)2/h5,7,12,18-20,23H,4,6,8-11,13H2,1-3H3/t18-,19-,20+,21+,22+/m1/s1. The highest BCUT2D eigenvalue weighted by Crippen LogP contribution is 2.67. The summed E-state index contributed by atoms with van der Waals surface area (Å²) in [6, 6.07) is 6.58. The molecular formula is C22H30O3. The highest BCUT2D eigenvalue weighted by molar-refractivity contribution is 5.84. The number of fused-ring (bicyclic) bond motifs is 5. The molecule has 1 aromatic rings. The summed E-state index contributed by atoms with van der Waals surface area (Å²) in [6.07, 6.45) is 6.43. The van der Waals surface area contributed by atoms with Gasteiger partial charge in [0.05, 0.1) is 19.1 Å². The minimum Gasteiger partial charge on any atom is -0.497 e. The molecule has 1 N–H and O–H groups in total. The first-order valence-electron chi connectivity index (χ1n) is 9.75. The Hall–Kier alpha value is -1.35. The van der Waals surface area contributed by atoms with Gasteiger partial charge in [0, 0.05) is 0 Å². The Bertz CT molecular complexity index is 697. The number of aryl methyl sites for hydroxylation is 1. The summed E-state index contributed by atoms with van der Waals surface area (Å²) in [6.45, 7) is 4.00. The third kappa shape index (κ3) is 2.17. The smallest absolute Gasteiger partial charge is 0.138 e. The molecule has 136 valence electrons. The van der Waals surface area contributed by atoms with Crippen LogP contribution in [0.4, 0.5) is 0 Å². The van der Waals surface area contributed by atoms with Crippen LogP contribution in [0.5, 0.6) is 5.75 Å². The monoisotopic (exact) mass is 342 g/mol. The van der Waals surface area contributed by atoms with Gasteiger partial charge in [0.25, 0.3) is 0 Å². The molecular weight excluding hydrogens is 312 g/mol. The molecule has 3 aliphatic rings. The van der Waals surface area contributed by atoms with Gasteiger partial charge in [-0.2, -0.15) is 0 Å². The summed E-state index contributed by atoms with van der Waals surface area (Å²) in [7, 11) is 1.73. The molecule has 0 aromatic heterocycles. The Morgan fingerprint density at radius 3 is 2.76 bits per heavy atom. The lowest BCUT2D eigenvalue weighted by molar-refractivity contribution is -0.141. The van der Waals surface area contributed by atoms with Gasteiger partial charge in [-0.25, -0.2) is 0 Å². The first-order chi connectivity index (χ1) is 12.0. The second kappa shape index (κ2) is 5.84. The normalized spacial score (nSPS) is 39.3. The topological polar surface area (TPSA) is 46.5 Å². The second-order valence-corrected chi connectivity index (χ2v) is 8.77. The van der Waals surface area contributed by atoms with Crippen LogP contribution in [-0.4, -0.2) is 24.6 Å². The van der Waals surface area contributed by atoms with Crippen molar-refractivity contribution < 1.29 is 14.6 Å². The van der Waals surface area contributed by atoms with E-state index in [9.17, 15) is 9.90 Å². The zero-order valence-electron chi connectivity index (χ0n) is 15.7. The molecule has 25 heavy (non-hydrogen) atoms. The number of carbonyl (C=O) groups excluding carboxylic acids is 1. The summed E-state index contributed by atoms with van der Waals surface area (Å²) in [5.74, 6) is 2.95. The molecule has 0 bridgehead atoms. The van der Waals surface area contributed by atoms with Crippen molar-refractivity contribution in [3.63, 3.8) is 0 Å². The first kappa shape index (κ1) is 17.1. The van der Waals surface area contributed by atoms with Crippen LogP contribution in [0, 0.1) is 22.7 Å². The molecule has 0 aliphatic heterocycles. The van der Waals surface area contributed by atoms with Crippen LogP contribution < -0.4 is 4.74 Å². The highest BCUT2D eigenvalue weighted by atomic mass is 16.5. The van der Waals surface area contributed by atoms with E-state index in [4.69, 9.17) is 4.74 Å². The van der Waals surface area contributed by atoms with E-state index in [-0.39, 0.29) is 17.8 Å². The summed E-state index contributed by atoms with van der Waals surface area (Å²) < 4.78 is 5.40. The maximum atomic E-state index is 12.5. The van der Waals surface area contributed by atoms with Crippen molar-refractivity contribution in [2.45, 2.75) is 58.3 Å². The zero-order valence-corrected chi connectivity index (χ0v) is 15.7. The second-order valence-electron chi connectivity index (χ2n) is 8.77. The summed E-state index contributed by atoms with van der Waals surface area (Å²) in [5, 5.41) is 10.2. The fourth-order valence-electron chi connectivity index (χ4n) is 6.77. The van der Waals surface area contributed by atoms with Gasteiger partial charge in [-0.3, -0.25) is 4.79 Å². The van der Waals surface area contributed by atoms with Crippen molar-refractivity contribution in [3.8, 4) is 5.75 Å². The van der Waals surface area contributed by atoms with Gasteiger partial charge in [-0.15, -0.1) is 0 Å². The van der Waals surface area contributed by atoms with Gasteiger partial charge in [0.2, 0.25) is 0 Å². The third-order valence-corrected chi connectivity index (χ3v) is 8.24. The fraction of sp³-hybridized carbons (Fsp3) is 0.682. The molecule has 2 saturated carbocycles. The van der Waals surface area contributed by atoms with Crippen LogP contribution in [0.15, 0.2) is 18.2 Å². The van der Waals surface area contributed by atoms with Gasteiger partial charge in [-0.1, -0.05) is 13.0 Å². The molecule has 0 unspecified atom stereocenters. The number of carbonyl (C=O) groups is 1. The number of ketones is 1. The molecule has 0 saturated heterocycles. The van der Waals surface area contributed by atoms with E-state index in [0.717, 1.165) is 37.9 Å². The number of methoxy groups -OCH3 is 1. The van der Waals surface area contributed by atoms with Crippen molar-refractivity contribution in [3.05, 3.63) is 29.3 Å². The van der Waals surface area contributed by atoms with Crippen LogP contribution in [-0.2, 0) is 11.2 Å². The van der Waals surface area contributed by atoms with Gasteiger partial charge in [0.1, 0.15) is 11.5 Å². The third-order valence-electron chi connectivity index (χ3n) is 8.24. The summed E-state index contributed by atoms with van der Waals surface area (Å²) >= 11 is 0. The Labute approximate surface area is 150 Å². The van der Waals surface area contributed by atoms with Gasteiger partial charge in [-0.05, 0) is 91.9 Å². The largest absolute Gasteiger partial charge is 0.497 e. The fourth-order valence-corrected chi connectivity index (χ4v) is 6.77. The number of Topliss-reactive ketones (excluding diaryl/α,β-unsaturated/α-hetero) is 1. The van der Waals surface area contributed by atoms with E-state index in [1.807, 2.05) is 0 Å². The Morgan fingerprint density at radius 1 is 1.28 bits per heavy atom. The lowest BCUT2D eigenvalue weighted by Crippen LogP contribution is -2.51. The number of ether oxygens (including phenoxy) is 1. The Morgan fingerprint density at radius 2 is 2.08 bits per heavy atom. The molecule has 1 aromatic carbocycles. The maximum Gasteiger partial charge on any atom is 0.138 e. The Kier molecular flexibility index (Phi) is 3.99. The number of aliphatic hydroxyl groups is 1. The van der Waals surface area contributed by atoms with Crippen molar-refractivity contribution in [2.24, 2.45) is 22.7 Å². The van der Waals surface area contributed by atoms with Crippen LogP contribution in [0.1, 0.15) is 63.0 Å². The van der Waals surface area contributed by atoms with E-state index in [0.29, 0.717) is 17.8 Å². The highest BCUT2D eigenvalue weighted by Gasteiger charge is 2.63. The predicted octanol–water partition coefficient (Wildman–Crippen LogP) is 4.12. The molecule has 5 atom stereocenters. The van der Waals surface area contributed by atoms with E-state index in [1.54, 1.807) is 14.0 Å². The minimum atomic E-state index is -0.511. The number of hydrogen-bond acceptors (Lipinski definition) is 3. The molecule has 0 spiro atoms. The van der Waals surface area contributed by atoms with Gasteiger partial charge < -0.3 is 9.84 Å². The molecule has 0 radical (unpaired) electrons. The van der Waals surface area contributed by atoms with Gasteiger partial charge in [0.15, 0.2) is 0 Å². The van der Waals surface area contributed by atoms with Crippen molar-refractivity contribution >= 4 is 5.78 Å². The van der Waals surface area contributed by atoms with Crippen molar-refractivity contribution in [1.29, 1.82) is 0 Å². The van der Waals surface area contributed by atoms with Crippen LogP contribution in [0.3, 0.4) is 0 Å². The average Bonchev–Trinajstić information content (AvgIpc) is 2.94. The maximum absolute atomic E-state index is 12.5.